The van der Waals surface area contributed by atoms with Gasteiger partial charge in [0.1, 0.15) is 5.75 Å². The molecule has 0 aliphatic heterocycles. The Kier molecular flexibility index (Phi) is 5.34. The molecule has 3 nitrogen and oxygen atoms in total. The van der Waals surface area contributed by atoms with E-state index in [-0.39, 0.29) is 11.8 Å². The molecule has 0 saturated heterocycles. The second-order valence-corrected chi connectivity index (χ2v) is 6.34. The highest BCUT2D eigenvalue weighted by Crippen LogP contribution is 2.22. The van der Waals surface area contributed by atoms with E-state index >= 15 is 0 Å². The molecule has 3 rings (SSSR count). The standard InChI is InChI=1S/C22H23NO2/c1-16(18-6-4-3-5-7-18)12-22(24)23-15-17-8-9-20-14-21(25-2)11-10-19(20)13-17/h3-11,13-14,16H,12,15H2,1-2H3,(H,23,24). The van der Waals surface area contributed by atoms with Crippen LogP contribution in [0, 0.1) is 0 Å². The zero-order chi connectivity index (χ0) is 17.6. The highest BCUT2D eigenvalue weighted by molar-refractivity contribution is 5.84. The summed E-state index contributed by atoms with van der Waals surface area (Å²) in [6.07, 6.45) is 0.495. The summed E-state index contributed by atoms with van der Waals surface area (Å²) in [7, 11) is 1.67. The molecule has 1 atom stereocenters. The van der Waals surface area contributed by atoms with E-state index in [1.165, 1.54) is 5.56 Å². The Hall–Kier alpha value is -2.81. The van der Waals surface area contributed by atoms with Crippen molar-refractivity contribution < 1.29 is 9.53 Å². The summed E-state index contributed by atoms with van der Waals surface area (Å²) in [6, 6.07) is 22.4. The molecule has 0 aliphatic carbocycles. The third-order valence-corrected chi connectivity index (χ3v) is 4.46. The molecule has 1 amide bonds. The van der Waals surface area contributed by atoms with Crippen LogP contribution in [-0.2, 0) is 11.3 Å². The van der Waals surface area contributed by atoms with Crippen molar-refractivity contribution in [2.24, 2.45) is 0 Å². The van der Waals surface area contributed by atoms with Crippen LogP contribution in [0.25, 0.3) is 10.8 Å². The summed E-state index contributed by atoms with van der Waals surface area (Å²) in [6.45, 7) is 2.63. The van der Waals surface area contributed by atoms with Crippen molar-refractivity contribution in [1.82, 2.24) is 5.32 Å². The summed E-state index contributed by atoms with van der Waals surface area (Å²) in [5.74, 6) is 1.14. The second kappa shape index (κ2) is 7.84. The predicted octanol–water partition coefficient (Wildman–Crippen LogP) is 4.66. The summed E-state index contributed by atoms with van der Waals surface area (Å²) < 4.78 is 5.25. The minimum Gasteiger partial charge on any atom is -0.497 e. The number of carbonyl (C=O) groups is 1. The molecule has 3 aromatic rings. The van der Waals surface area contributed by atoms with Crippen LogP contribution in [-0.4, -0.2) is 13.0 Å². The summed E-state index contributed by atoms with van der Waals surface area (Å²) in [5.41, 5.74) is 2.29. The quantitative estimate of drug-likeness (QED) is 0.712. The second-order valence-electron chi connectivity index (χ2n) is 6.34. The maximum absolute atomic E-state index is 12.2. The molecule has 0 aliphatic rings. The van der Waals surface area contributed by atoms with Crippen LogP contribution in [0.3, 0.4) is 0 Å². The highest BCUT2D eigenvalue weighted by Gasteiger charge is 2.10. The molecule has 1 N–H and O–H groups in total. The maximum atomic E-state index is 12.2. The van der Waals surface area contributed by atoms with Crippen molar-refractivity contribution in [1.29, 1.82) is 0 Å². The molecule has 0 saturated carbocycles. The average Bonchev–Trinajstić information content (AvgIpc) is 2.66. The van der Waals surface area contributed by atoms with Crippen molar-refractivity contribution >= 4 is 16.7 Å². The lowest BCUT2D eigenvalue weighted by atomic mass is 9.97. The number of rotatable bonds is 6. The monoisotopic (exact) mass is 333 g/mol. The van der Waals surface area contributed by atoms with Crippen LogP contribution in [0.5, 0.6) is 5.75 Å². The van der Waals surface area contributed by atoms with Gasteiger partial charge in [0, 0.05) is 13.0 Å². The van der Waals surface area contributed by atoms with Gasteiger partial charge >= 0.3 is 0 Å². The number of fused-ring (bicyclic) bond motifs is 1. The highest BCUT2D eigenvalue weighted by atomic mass is 16.5. The first kappa shape index (κ1) is 17.0. The van der Waals surface area contributed by atoms with Crippen molar-refractivity contribution in [3.8, 4) is 5.75 Å². The maximum Gasteiger partial charge on any atom is 0.220 e. The minimum atomic E-state index is 0.0752. The first-order chi connectivity index (χ1) is 12.2. The molecular formula is C22H23NO2. The SMILES string of the molecule is COc1ccc2cc(CNC(=O)CC(C)c3ccccc3)ccc2c1. The Morgan fingerprint density at radius 1 is 1.00 bits per heavy atom. The number of nitrogens with one attached hydrogen (secondary N) is 1. The van der Waals surface area contributed by atoms with Gasteiger partial charge in [-0.25, -0.2) is 0 Å². The van der Waals surface area contributed by atoms with Gasteiger partial charge in [0.15, 0.2) is 0 Å². The minimum absolute atomic E-state index is 0.0752. The molecule has 3 heteroatoms. The molecule has 3 aromatic carbocycles. The number of carbonyl (C=O) groups excluding carboxylic acids is 1. The molecule has 0 radical (unpaired) electrons. The Bertz CT molecular complexity index is 858. The van der Waals surface area contributed by atoms with Crippen molar-refractivity contribution in [3.63, 3.8) is 0 Å². The van der Waals surface area contributed by atoms with Crippen LogP contribution in [0.4, 0.5) is 0 Å². The van der Waals surface area contributed by atoms with Gasteiger partial charge in [-0.05, 0) is 46.0 Å². The van der Waals surface area contributed by atoms with Gasteiger partial charge in [-0.1, -0.05) is 55.5 Å². The van der Waals surface area contributed by atoms with Gasteiger partial charge in [0.2, 0.25) is 5.91 Å². The summed E-state index contributed by atoms with van der Waals surface area (Å²) in [5, 5.41) is 5.30. The number of ether oxygens (including phenoxy) is 1. The fourth-order valence-electron chi connectivity index (χ4n) is 2.96. The lowest BCUT2D eigenvalue weighted by Crippen LogP contribution is -2.24. The van der Waals surface area contributed by atoms with Crippen molar-refractivity contribution in [2.45, 2.75) is 25.8 Å². The smallest absolute Gasteiger partial charge is 0.220 e. The van der Waals surface area contributed by atoms with Gasteiger partial charge in [-0.15, -0.1) is 0 Å². The third kappa shape index (κ3) is 4.38. The van der Waals surface area contributed by atoms with E-state index < -0.39 is 0 Å². The van der Waals surface area contributed by atoms with Gasteiger partial charge in [-0.3, -0.25) is 4.79 Å². The zero-order valence-electron chi connectivity index (χ0n) is 14.7. The van der Waals surface area contributed by atoms with Crippen LogP contribution < -0.4 is 10.1 Å². The van der Waals surface area contributed by atoms with E-state index in [1.54, 1.807) is 7.11 Å². The predicted molar refractivity (Wildman–Crippen MR) is 102 cm³/mol. The van der Waals surface area contributed by atoms with Gasteiger partial charge in [0.25, 0.3) is 0 Å². The molecule has 1 unspecified atom stereocenters. The zero-order valence-corrected chi connectivity index (χ0v) is 14.7. The van der Waals surface area contributed by atoms with E-state index in [1.807, 2.05) is 42.5 Å². The number of hydrogen-bond acceptors (Lipinski definition) is 2. The number of amides is 1. The van der Waals surface area contributed by atoms with Crippen LogP contribution >= 0.6 is 0 Å². The lowest BCUT2D eigenvalue weighted by molar-refractivity contribution is -0.121. The molecule has 0 aromatic heterocycles. The number of benzene rings is 3. The van der Waals surface area contributed by atoms with E-state index in [0.29, 0.717) is 13.0 Å². The van der Waals surface area contributed by atoms with Gasteiger partial charge in [-0.2, -0.15) is 0 Å². The largest absolute Gasteiger partial charge is 0.497 e. The molecule has 0 fully saturated rings. The van der Waals surface area contributed by atoms with Gasteiger partial charge in [0.05, 0.1) is 7.11 Å². The van der Waals surface area contributed by atoms with E-state index in [2.05, 4.69) is 36.5 Å². The van der Waals surface area contributed by atoms with E-state index in [0.717, 1.165) is 22.1 Å². The van der Waals surface area contributed by atoms with E-state index in [9.17, 15) is 4.79 Å². The topological polar surface area (TPSA) is 38.3 Å². The third-order valence-electron chi connectivity index (χ3n) is 4.46. The molecule has 0 heterocycles. The molecule has 0 spiro atoms. The van der Waals surface area contributed by atoms with Crippen LogP contribution in [0.15, 0.2) is 66.7 Å². The molecule has 128 valence electrons. The van der Waals surface area contributed by atoms with E-state index in [4.69, 9.17) is 4.74 Å². The Balaban J connectivity index is 1.59. The molecule has 25 heavy (non-hydrogen) atoms. The average molecular weight is 333 g/mol. The first-order valence-electron chi connectivity index (χ1n) is 8.54. The Morgan fingerprint density at radius 3 is 2.48 bits per heavy atom. The molecule has 0 bridgehead atoms. The van der Waals surface area contributed by atoms with Crippen molar-refractivity contribution in [2.75, 3.05) is 7.11 Å². The summed E-state index contributed by atoms with van der Waals surface area (Å²) in [4.78, 5) is 12.2. The number of methoxy groups -OCH3 is 1. The first-order valence-corrected chi connectivity index (χ1v) is 8.54. The fraction of sp³-hybridized carbons (Fsp3) is 0.227. The Labute approximate surface area is 148 Å². The van der Waals surface area contributed by atoms with Crippen LogP contribution in [0.1, 0.15) is 30.4 Å². The Morgan fingerprint density at radius 2 is 1.72 bits per heavy atom. The normalized spacial score (nSPS) is 11.9. The molecular weight excluding hydrogens is 310 g/mol. The fourth-order valence-corrected chi connectivity index (χ4v) is 2.96. The lowest BCUT2D eigenvalue weighted by Gasteiger charge is -2.12. The van der Waals surface area contributed by atoms with Crippen LogP contribution in [0.2, 0.25) is 0 Å². The van der Waals surface area contributed by atoms with Crippen molar-refractivity contribution in [3.05, 3.63) is 77.9 Å². The van der Waals surface area contributed by atoms with Gasteiger partial charge < -0.3 is 10.1 Å². The number of hydrogen-bond donors (Lipinski definition) is 1. The summed E-state index contributed by atoms with van der Waals surface area (Å²) >= 11 is 0.